The van der Waals surface area contributed by atoms with Crippen LogP contribution in [0.2, 0.25) is 0 Å². The summed E-state index contributed by atoms with van der Waals surface area (Å²) in [5.41, 5.74) is 1.46. The first-order chi connectivity index (χ1) is 14.0. The maximum Gasteiger partial charge on any atom is 0.415 e. The van der Waals surface area contributed by atoms with Crippen molar-refractivity contribution in [2.75, 3.05) is 25.4 Å². The van der Waals surface area contributed by atoms with Gasteiger partial charge in [-0.25, -0.2) is 13.9 Å². The van der Waals surface area contributed by atoms with Crippen molar-refractivity contribution >= 4 is 29.8 Å². The van der Waals surface area contributed by atoms with Gasteiger partial charge in [0.2, 0.25) is 0 Å². The number of carbonyl (C=O) groups excluding carboxylic acids is 2. The van der Waals surface area contributed by atoms with E-state index >= 15 is 0 Å². The van der Waals surface area contributed by atoms with E-state index in [1.807, 2.05) is 0 Å². The predicted molar refractivity (Wildman–Crippen MR) is 108 cm³/mol. The van der Waals surface area contributed by atoms with Gasteiger partial charge in [-0.15, -0.1) is 0 Å². The van der Waals surface area contributed by atoms with Crippen LogP contribution < -0.4 is 24.2 Å². The number of likely N-dealkylation sites (N-methyl/N-ethyl adjacent to an activating group) is 1. The van der Waals surface area contributed by atoms with Crippen molar-refractivity contribution in [2.24, 2.45) is 0 Å². The normalized spacial score (nSPS) is 12.8. The highest BCUT2D eigenvalue weighted by molar-refractivity contribution is 7.98. The van der Waals surface area contributed by atoms with Gasteiger partial charge in [-0.1, -0.05) is 12.1 Å². The van der Waals surface area contributed by atoms with E-state index in [4.69, 9.17) is 9.47 Å². The lowest BCUT2D eigenvalue weighted by atomic mass is 10.1. The fourth-order valence-corrected chi connectivity index (χ4v) is 3.08. The zero-order valence-electron chi connectivity index (χ0n) is 16.0. The van der Waals surface area contributed by atoms with E-state index in [1.54, 1.807) is 43.4 Å². The summed E-state index contributed by atoms with van der Waals surface area (Å²) >= 11 is 1.15. The van der Waals surface area contributed by atoms with Gasteiger partial charge in [-0.2, -0.15) is 0 Å². The van der Waals surface area contributed by atoms with Crippen molar-refractivity contribution in [2.45, 2.75) is 13.1 Å². The molecule has 2 aromatic rings. The number of carbonyl (C=O) groups is 2. The Morgan fingerprint density at radius 3 is 2.90 bits per heavy atom. The highest BCUT2D eigenvalue weighted by atomic mass is 32.2. The van der Waals surface area contributed by atoms with E-state index in [0.717, 1.165) is 17.7 Å². The molecule has 2 aromatic carbocycles. The number of benzene rings is 2. The Kier molecular flexibility index (Phi) is 6.78. The molecule has 0 aromatic heterocycles. The second-order valence-electron chi connectivity index (χ2n) is 6.14. The number of nitrogens with zero attached hydrogens (tertiary/aromatic N) is 1. The van der Waals surface area contributed by atoms with Crippen molar-refractivity contribution in [3.8, 4) is 11.5 Å². The molecule has 1 aliphatic rings. The number of ether oxygens (including phenoxy) is 2. The summed E-state index contributed by atoms with van der Waals surface area (Å²) in [4.78, 5) is 25.1. The number of hydrogen-bond donors (Lipinski definition) is 3. The number of amides is 2. The van der Waals surface area contributed by atoms with E-state index < -0.39 is 11.9 Å². The predicted octanol–water partition coefficient (Wildman–Crippen LogP) is 2.66. The van der Waals surface area contributed by atoms with Crippen LogP contribution in [0, 0.1) is 5.82 Å². The summed E-state index contributed by atoms with van der Waals surface area (Å²) in [7, 11) is 3.23. The molecule has 1 aliphatic heterocycles. The van der Waals surface area contributed by atoms with Gasteiger partial charge in [0.05, 0.1) is 18.8 Å². The third-order valence-electron chi connectivity index (χ3n) is 4.21. The summed E-state index contributed by atoms with van der Waals surface area (Å²) in [6.45, 7) is 0.204. The van der Waals surface area contributed by atoms with Crippen molar-refractivity contribution in [1.82, 2.24) is 14.9 Å². The zero-order chi connectivity index (χ0) is 20.8. The molecule has 0 fully saturated rings. The van der Waals surface area contributed by atoms with Gasteiger partial charge in [0, 0.05) is 36.4 Å². The lowest BCUT2D eigenvalue weighted by Crippen LogP contribution is -2.36. The summed E-state index contributed by atoms with van der Waals surface area (Å²) in [6, 6.07) is 9.98. The fraction of sp³-hybridized carbons (Fsp3) is 0.263. The van der Waals surface area contributed by atoms with Crippen molar-refractivity contribution < 1.29 is 23.5 Å². The third-order valence-corrected chi connectivity index (χ3v) is 4.73. The Hall–Kier alpha value is -2.98. The van der Waals surface area contributed by atoms with Crippen molar-refractivity contribution in [3.63, 3.8) is 0 Å². The molecule has 0 saturated heterocycles. The minimum absolute atomic E-state index is 0.0682. The maximum absolute atomic E-state index is 14.7. The minimum atomic E-state index is -0.580. The second-order valence-corrected chi connectivity index (χ2v) is 6.96. The van der Waals surface area contributed by atoms with Crippen LogP contribution in [0.3, 0.4) is 0 Å². The van der Waals surface area contributed by atoms with E-state index in [9.17, 15) is 14.0 Å². The molecule has 0 radical (unpaired) electrons. The molecule has 0 saturated carbocycles. The van der Waals surface area contributed by atoms with Crippen LogP contribution >= 0.6 is 12.1 Å². The minimum Gasteiger partial charge on any atom is -0.484 e. The average molecular weight is 420 g/mol. The average Bonchev–Trinajstić information content (AvgIpc) is 2.73. The number of nitrogens with one attached hydrogen (secondary N) is 3. The first kappa shape index (κ1) is 20.7. The quantitative estimate of drug-likeness (QED) is 0.566. The number of rotatable bonds is 8. The lowest BCUT2D eigenvalue weighted by Gasteiger charge is -2.28. The molecule has 0 spiro atoms. The van der Waals surface area contributed by atoms with Gasteiger partial charge in [-0.3, -0.25) is 9.69 Å². The molecule has 0 unspecified atom stereocenters. The maximum atomic E-state index is 14.7. The molecule has 3 N–H and O–H groups in total. The van der Waals surface area contributed by atoms with Crippen LogP contribution in [0.15, 0.2) is 36.4 Å². The van der Waals surface area contributed by atoms with Crippen LogP contribution in [-0.2, 0) is 17.9 Å². The van der Waals surface area contributed by atoms with Gasteiger partial charge in [-0.05, 0) is 25.2 Å². The van der Waals surface area contributed by atoms with E-state index in [-0.39, 0.29) is 25.6 Å². The Balaban J connectivity index is 1.70. The van der Waals surface area contributed by atoms with Gasteiger partial charge in [0.25, 0.3) is 5.91 Å². The Morgan fingerprint density at radius 2 is 2.14 bits per heavy atom. The van der Waals surface area contributed by atoms with Crippen LogP contribution in [0.25, 0.3) is 0 Å². The molecule has 3 rings (SSSR count). The number of fused-ring (bicyclic) bond motifs is 1. The first-order valence-electron chi connectivity index (χ1n) is 8.81. The zero-order valence-corrected chi connectivity index (χ0v) is 16.8. The van der Waals surface area contributed by atoms with Gasteiger partial charge in [0.15, 0.2) is 12.4 Å². The Morgan fingerprint density at radius 1 is 1.31 bits per heavy atom. The fourth-order valence-electron chi connectivity index (χ4n) is 2.71. The molecule has 0 aliphatic carbocycles. The van der Waals surface area contributed by atoms with E-state index in [2.05, 4.69) is 14.8 Å². The van der Waals surface area contributed by atoms with E-state index in [0.29, 0.717) is 22.7 Å². The van der Waals surface area contributed by atoms with Crippen LogP contribution in [0.1, 0.15) is 11.1 Å². The van der Waals surface area contributed by atoms with Crippen LogP contribution in [0.5, 0.6) is 11.5 Å². The lowest BCUT2D eigenvalue weighted by molar-refractivity contribution is -0.122. The molecule has 2 amide bonds. The summed E-state index contributed by atoms with van der Waals surface area (Å²) in [5.74, 6) is 0.0898. The largest absolute Gasteiger partial charge is 0.484 e. The summed E-state index contributed by atoms with van der Waals surface area (Å²) in [5, 5.41) is 2.46. The Bertz CT molecular complexity index is 912. The standard InChI is InChI=1S/C19H21FN4O4S/c1-21-17(25)11-27-14-7-6-12-9-24(19(26)28-16(12)8-14)10-13-4-3-5-15(18(13)20)23-29-22-2/h3-8,22-23H,9-11H2,1-2H3,(H,21,25). The molecule has 154 valence electrons. The van der Waals surface area contributed by atoms with Crippen LogP contribution in [0.4, 0.5) is 14.9 Å². The molecule has 29 heavy (non-hydrogen) atoms. The van der Waals surface area contributed by atoms with Crippen molar-refractivity contribution in [1.29, 1.82) is 0 Å². The molecule has 1 heterocycles. The number of halogens is 1. The third kappa shape index (κ3) is 5.09. The monoisotopic (exact) mass is 420 g/mol. The smallest absolute Gasteiger partial charge is 0.415 e. The molecule has 8 nitrogen and oxygen atoms in total. The summed E-state index contributed by atoms with van der Waals surface area (Å²) < 4.78 is 31.1. The molecule has 10 heteroatoms. The Labute approximate surface area is 172 Å². The molecular formula is C19H21FN4O4S. The second kappa shape index (κ2) is 9.48. The van der Waals surface area contributed by atoms with E-state index in [1.165, 1.54) is 11.9 Å². The summed E-state index contributed by atoms with van der Waals surface area (Å²) in [6.07, 6.45) is -0.580. The topological polar surface area (TPSA) is 91.9 Å². The van der Waals surface area contributed by atoms with Crippen LogP contribution in [-0.4, -0.2) is 37.6 Å². The van der Waals surface area contributed by atoms with Gasteiger partial charge in [0.1, 0.15) is 11.5 Å². The number of anilines is 1. The highest BCUT2D eigenvalue weighted by Crippen LogP contribution is 2.31. The molecule has 0 bridgehead atoms. The van der Waals surface area contributed by atoms with Gasteiger partial charge >= 0.3 is 6.09 Å². The van der Waals surface area contributed by atoms with Crippen molar-refractivity contribution in [3.05, 3.63) is 53.3 Å². The first-order valence-corrected chi connectivity index (χ1v) is 9.62. The molecular weight excluding hydrogens is 399 g/mol. The highest BCUT2D eigenvalue weighted by Gasteiger charge is 2.26. The van der Waals surface area contributed by atoms with Gasteiger partial charge < -0.3 is 19.5 Å². The number of hydrogen-bond acceptors (Lipinski definition) is 7. The SMILES string of the molecule is CNSNc1cccc(CN2Cc3ccc(OCC(=O)NC)cc3OC2=O)c1F. The molecule has 0 atom stereocenters.